The summed E-state index contributed by atoms with van der Waals surface area (Å²) in [6.45, 7) is 2.27. The van der Waals surface area contributed by atoms with E-state index in [4.69, 9.17) is 0 Å². The van der Waals surface area contributed by atoms with E-state index in [0.29, 0.717) is 29.8 Å². The second-order valence-electron chi connectivity index (χ2n) is 9.71. The number of hydrogen-bond donors (Lipinski definition) is 7. The largest absolute Gasteiger partial charge is 0.508 e. The average molecular weight is 567 g/mol. The van der Waals surface area contributed by atoms with E-state index in [9.17, 15) is 28.5 Å². The molecule has 0 saturated heterocycles. The molecule has 4 rings (SSSR count). The number of fused-ring (bicyclic) bond motifs is 1. The molecule has 1 heterocycles. The van der Waals surface area contributed by atoms with Crippen LogP contribution in [0.25, 0.3) is 10.9 Å². The Labute approximate surface area is 233 Å². The predicted molar refractivity (Wildman–Crippen MR) is 152 cm³/mol. The molecule has 1 aromatic heterocycles. The zero-order valence-electron chi connectivity index (χ0n) is 22.3. The molecule has 11 heteroatoms. The number of aromatic hydroxyl groups is 1. The number of amides is 1. The van der Waals surface area contributed by atoms with Crippen LogP contribution in [0, 0.1) is 0 Å². The lowest BCUT2D eigenvalue weighted by Gasteiger charge is -2.18. The van der Waals surface area contributed by atoms with Crippen LogP contribution in [0.15, 0.2) is 71.6 Å². The van der Waals surface area contributed by atoms with Crippen LogP contribution in [0.2, 0.25) is 0 Å². The number of hydrogen-bond acceptors (Lipinski definition) is 7. The van der Waals surface area contributed by atoms with E-state index in [1.807, 2.05) is 25.1 Å². The number of aliphatic hydroxyl groups is 2. The molecule has 0 aliphatic rings. The SMILES string of the molecule is CNS(=O)(=O)c1ccc(CNC(=O)c2cc3cc(CC(C)NCC(O)c4ccc(O)c(CO)c4)ccc3[nH]2)cc1. The van der Waals surface area contributed by atoms with Crippen molar-refractivity contribution >= 4 is 26.8 Å². The van der Waals surface area contributed by atoms with Gasteiger partial charge in [-0.15, -0.1) is 0 Å². The second kappa shape index (κ2) is 12.6. The Hall–Kier alpha value is -3.74. The molecule has 0 spiro atoms. The van der Waals surface area contributed by atoms with Crippen molar-refractivity contribution in [1.82, 2.24) is 20.3 Å². The molecule has 212 valence electrons. The Morgan fingerprint density at radius 2 is 1.73 bits per heavy atom. The van der Waals surface area contributed by atoms with Crippen molar-refractivity contribution < 1.29 is 28.5 Å². The van der Waals surface area contributed by atoms with Gasteiger partial charge in [0.25, 0.3) is 5.91 Å². The zero-order valence-corrected chi connectivity index (χ0v) is 23.1. The van der Waals surface area contributed by atoms with Gasteiger partial charge in [0, 0.05) is 35.6 Å². The molecule has 2 unspecified atom stereocenters. The first-order valence-electron chi connectivity index (χ1n) is 12.9. The standard InChI is InChI=1S/C29H34N4O6S/c1-18(31-16-28(36)21-6-10-27(35)23(13-21)17-34)11-20-5-9-25-22(12-20)14-26(33-25)29(37)32-15-19-3-7-24(8-4-19)40(38,39)30-2/h3-10,12-14,18,28,30-31,33-36H,11,15-17H2,1-2H3,(H,32,37). The first kappa shape index (κ1) is 29.2. The normalized spacial score (nSPS) is 13.3. The van der Waals surface area contributed by atoms with Crippen LogP contribution in [-0.2, 0) is 29.6 Å². The number of carbonyl (C=O) groups is 1. The highest BCUT2D eigenvalue weighted by atomic mass is 32.2. The van der Waals surface area contributed by atoms with E-state index in [1.54, 1.807) is 30.3 Å². The van der Waals surface area contributed by atoms with Gasteiger partial charge in [-0.1, -0.05) is 24.3 Å². The predicted octanol–water partition coefficient (Wildman–Crippen LogP) is 2.46. The van der Waals surface area contributed by atoms with E-state index in [1.165, 1.54) is 25.2 Å². The molecule has 10 nitrogen and oxygen atoms in total. The summed E-state index contributed by atoms with van der Waals surface area (Å²) in [7, 11) is -2.16. The smallest absolute Gasteiger partial charge is 0.267 e. The fourth-order valence-corrected chi connectivity index (χ4v) is 5.14. The molecule has 40 heavy (non-hydrogen) atoms. The molecule has 0 saturated carbocycles. The lowest BCUT2D eigenvalue weighted by atomic mass is 10.0. The summed E-state index contributed by atoms with van der Waals surface area (Å²) in [5.41, 5.74) is 4.07. The van der Waals surface area contributed by atoms with Crippen molar-refractivity contribution in [3.63, 3.8) is 0 Å². The van der Waals surface area contributed by atoms with Crippen molar-refractivity contribution in [3.8, 4) is 5.75 Å². The van der Waals surface area contributed by atoms with Crippen LogP contribution in [0.5, 0.6) is 5.75 Å². The van der Waals surface area contributed by atoms with Gasteiger partial charge in [-0.3, -0.25) is 4.79 Å². The molecule has 4 aromatic rings. The lowest BCUT2D eigenvalue weighted by Crippen LogP contribution is -2.32. The van der Waals surface area contributed by atoms with Crippen LogP contribution >= 0.6 is 0 Å². The van der Waals surface area contributed by atoms with Gasteiger partial charge in [-0.2, -0.15) is 0 Å². The van der Waals surface area contributed by atoms with E-state index >= 15 is 0 Å². The number of aromatic amines is 1. The number of phenols is 1. The minimum Gasteiger partial charge on any atom is -0.508 e. The maximum Gasteiger partial charge on any atom is 0.267 e. The summed E-state index contributed by atoms with van der Waals surface area (Å²) in [6, 6.07) is 18.8. The first-order valence-corrected chi connectivity index (χ1v) is 14.3. The Kier molecular flexibility index (Phi) is 9.23. The molecule has 1 amide bonds. The minimum absolute atomic E-state index is 0.00449. The summed E-state index contributed by atoms with van der Waals surface area (Å²) in [5, 5.41) is 36.6. The molecule has 0 aliphatic carbocycles. The van der Waals surface area contributed by atoms with E-state index in [-0.39, 0.29) is 35.7 Å². The maximum atomic E-state index is 12.7. The third-order valence-electron chi connectivity index (χ3n) is 6.75. The molecule has 0 aliphatic heterocycles. The van der Waals surface area contributed by atoms with Crippen LogP contribution in [0.4, 0.5) is 0 Å². The average Bonchev–Trinajstić information content (AvgIpc) is 3.39. The quantitative estimate of drug-likeness (QED) is 0.138. The fraction of sp³-hybridized carbons (Fsp3) is 0.276. The number of aromatic nitrogens is 1. The van der Waals surface area contributed by atoms with E-state index in [0.717, 1.165) is 22.0 Å². The van der Waals surface area contributed by atoms with Gasteiger partial charge in [0.05, 0.1) is 17.6 Å². The Bertz CT molecular complexity index is 1580. The van der Waals surface area contributed by atoms with Gasteiger partial charge in [-0.05, 0) is 79.5 Å². The van der Waals surface area contributed by atoms with Gasteiger partial charge in [0.1, 0.15) is 11.4 Å². The number of H-pyrrole nitrogens is 1. The van der Waals surface area contributed by atoms with E-state index in [2.05, 4.69) is 20.3 Å². The molecule has 0 bridgehead atoms. The molecule has 3 aromatic carbocycles. The first-order chi connectivity index (χ1) is 19.1. The monoisotopic (exact) mass is 566 g/mol. The highest BCUT2D eigenvalue weighted by Gasteiger charge is 2.14. The van der Waals surface area contributed by atoms with Gasteiger partial charge in [0.15, 0.2) is 0 Å². The van der Waals surface area contributed by atoms with Gasteiger partial charge in [-0.25, -0.2) is 13.1 Å². The van der Waals surface area contributed by atoms with Gasteiger partial charge < -0.3 is 30.9 Å². The summed E-state index contributed by atoms with van der Waals surface area (Å²) in [6.07, 6.45) is -0.0903. The molecule has 0 fully saturated rings. The van der Waals surface area contributed by atoms with Crippen molar-refractivity contribution in [2.45, 2.75) is 43.5 Å². The summed E-state index contributed by atoms with van der Waals surface area (Å²) in [4.78, 5) is 16.0. The van der Waals surface area contributed by atoms with Gasteiger partial charge in [0.2, 0.25) is 10.0 Å². The van der Waals surface area contributed by atoms with Crippen molar-refractivity contribution in [2.75, 3.05) is 13.6 Å². The number of carbonyl (C=O) groups excluding carboxylic acids is 1. The lowest BCUT2D eigenvalue weighted by molar-refractivity contribution is 0.0946. The molecular weight excluding hydrogens is 532 g/mol. The third kappa shape index (κ3) is 7.06. The van der Waals surface area contributed by atoms with E-state index < -0.39 is 16.1 Å². The molecule has 0 radical (unpaired) electrons. The minimum atomic E-state index is -3.51. The Balaban J connectivity index is 1.32. The maximum absolute atomic E-state index is 12.7. The van der Waals surface area contributed by atoms with Crippen LogP contribution in [0.3, 0.4) is 0 Å². The molecular formula is C29H34N4O6S. The summed E-state index contributed by atoms with van der Waals surface area (Å²) < 4.78 is 26.0. The van der Waals surface area contributed by atoms with Crippen molar-refractivity contribution in [1.29, 1.82) is 0 Å². The van der Waals surface area contributed by atoms with Crippen molar-refractivity contribution in [3.05, 3.63) is 94.7 Å². The highest BCUT2D eigenvalue weighted by molar-refractivity contribution is 7.89. The van der Waals surface area contributed by atoms with Crippen LogP contribution in [0.1, 0.15) is 45.8 Å². The summed E-state index contributed by atoms with van der Waals surface area (Å²) in [5.74, 6) is -0.276. The fourth-order valence-electron chi connectivity index (χ4n) is 4.41. The number of benzene rings is 3. The third-order valence-corrected chi connectivity index (χ3v) is 8.18. The Morgan fingerprint density at radius 3 is 2.42 bits per heavy atom. The number of aliphatic hydroxyl groups excluding tert-OH is 2. The van der Waals surface area contributed by atoms with Crippen LogP contribution < -0.4 is 15.4 Å². The highest BCUT2D eigenvalue weighted by Crippen LogP contribution is 2.23. The number of rotatable bonds is 12. The molecule has 2 atom stereocenters. The van der Waals surface area contributed by atoms with Crippen molar-refractivity contribution in [2.24, 2.45) is 0 Å². The van der Waals surface area contributed by atoms with Crippen LogP contribution in [-0.4, -0.2) is 54.3 Å². The zero-order chi connectivity index (χ0) is 28.9. The number of sulfonamides is 1. The second-order valence-corrected chi connectivity index (χ2v) is 11.6. The Morgan fingerprint density at radius 1 is 1.00 bits per heavy atom. The topological polar surface area (TPSA) is 164 Å². The molecule has 7 N–H and O–H groups in total. The number of nitrogens with one attached hydrogen (secondary N) is 4. The van der Waals surface area contributed by atoms with Gasteiger partial charge >= 0.3 is 0 Å². The summed E-state index contributed by atoms with van der Waals surface area (Å²) >= 11 is 0.